The molecule has 24 heavy (non-hydrogen) atoms. The van der Waals surface area contributed by atoms with Gasteiger partial charge in [-0.3, -0.25) is 4.79 Å². The highest BCUT2D eigenvalue weighted by Crippen LogP contribution is 2.44. The van der Waals surface area contributed by atoms with E-state index >= 15 is 0 Å². The molecule has 1 unspecified atom stereocenters. The van der Waals surface area contributed by atoms with E-state index in [0.29, 0.717) is 5.95 Å². The number of fused-ring (bicyclic) bond motifs is 1. The van der Waals surface area contributed by atoms with Crippen molar-refractivity contribution in [1.82, 2.24) is 9.97 Å². The highest BCUT2D eigenvalue weighted by Gasteiger charge is 2.33. The van der Waals surface area contributed by atoms with Crippen LogP contribution in [-0.4, -0.2) is 15.8 Å². The van der Waals surface area contributed by atoms with Gasteiger partial charge >= 0.3 is 0 Å². The molecule has 0 spiro atoms. The Hall–Kier alpha value is -3.01. The fraction of sp³-hybridized carbons (Fsp3) is 0.150. The van der Waals surface area contributed by atoms with Gasteiger partial charge in [-0.15, -0.1) is 0 Å². The lowest BCUT2D eigenvalue weighted by Crippen LogP contribution is -2.21. The van der Waals surface area contributed by atoms with E-state index in [1.807, 2.05) is 42.5 Å². The molecule has 2 aromatic carbocycles. The number of hydrogen-bond donors (Lipinski definition) is 0. The molecule has 4 rings (SSSR count). The lowest BCUT2D eigenvalue weighted by Gasteiger charge is -2.25. The average Bonchev–Trinajstić information content (AvgIpc) is 3.01. The Morgan fingerprint density at radius 3 is 2.50 bits per heavy atom. The Morgan fingerprint density at radius 1 is 1.04 bits per heavy atom. The number of Topliss-reactive ketones (excluding diaryl/α,β-unsaturated/α-hetero) is 1. The van der Waals surface area contributed by atoms with Crippen LogP contribution in [-0.2, 0) is 6.42 Å². The molecule has 0 radical (unpaired) electrons. The molecule has 0 fully saturated rings. The average molecular weight is 315 g/mol. The summed E-state index contributed by atoms with van der Waals surface area (Å²) in [6.45, 7) is 1.60. The maximum Gasteiger partial charge on any atom is 0.230 e. The van der Waals surface area contributed by atoms with Crippen molar-refractivity contribution in [3.8, 4) is 0 Å². The third-order valence-corrected chi connectivity index (χ3v) is 4.42. The molecule has 4 nitrogen and oxygen atoms in total. The van der Waals surface area contributed by atoms with E-state index < -0.39 is 0 Å². The summed E-state index contributed by atoms with van der Waals surface area (Å²) in [6.07, 6.45) is 4.34. The molecule has 4 heteroatoms. The summed E-state index contributed by atoms with van der Waals surface area (Å²) in [5.74, 6) is 0.768. The standard InChI is InChI=1S/C20H17N3O/c1-14(24)16-8-9-18-17(12-16)13-19(15-6-3-2-4-7-15)23(18)20-21-10-5-11-22-20/h2-12,19H,13H2,1H3. The SMILES string of the molecule is CC(=O)c1ccc2c(c1)CC(c1ccccc1)N2c1ncccn1. The van der Waals surface area contributed by atoms with Crippen LogP contribution in [0.5, 0.6) is 0 Å². The summed E-state index contributed by atoms with van der Waals surface area (Å²) in [5.41, 5.74) is 4.19. The maximum absolute atomic E-state index is 11.7. The largest absolute Gasteiger partial charge is 0.302 e. The van der Waals surface area contributed by atoms with Gasteiger partial charge in [0.1, 0.15) is 0 Å². The second-order valence-corrected chi connectivity index (χ2v) is 5.95. The van der Waals surface area contributed by atoms with Crippen molar-refractivity contribution in [3.05, 3.63) is 83.7 Å². The molecule has 0 N–H and O–H groups in total. The fourth-order valence-electron chi connectivity index (χ4n) is 3.28. The number of ketones is 1. The van der Waals surface area contributed by atoms with Gasteiger partial charge in [0, 0.05) is 23.6 Å². The van der Waals surface area contributed by atoms with Crippen LogP contribution in [0.1, 0.15) is 34.5 Å². The van der Waals surface area contributed by atoms with Crippen molar-refractivity contribution in [2.24, 2.45) is 0 Å². The molecule has 3 aromatic rings. The van der Waals surface area contributed by atoms with Gasteiger partial charge in [-0.2, -0.15) is 0 Å². The molecule has 0 aliphatic carbocycles. The number of benzene rings is 2. The van der Waals surface area contributed by atoms with E-state index in [2.05, 4.69) is 27.0 Å². The van der Waals surface area contributed by atoms with Gasteiger partial charge in [-0.25, -0.2) is 9.97 Å². The molecule has 2 heterocycles. The van der Waals surface area contributed by atoms with Crippen LogP contribution < -0.4 is 4.90 Å². The van der Waals surface area contributed by atoms with Gasteiger partial charge in [0.15, 0.2) is 5.78 Å². The Labute approximate surface area is 140 Å². The van der Waals surface area contributed by atoms with Crippen molar-refractivity contribution < 1.29 is 4.79 Å². The summed E-state index contributed by atoms with van der Waals surface area (Å²) in [5, 5.41) is 0. The van der Waals surface area contributed by atoms with Gasteiger partial charge in [-0.1, -0.05) is 30.3 Å². The zero-order valence-corrected chi connectivity index (χ0v) is 13.4. The quantitative estimate of drug-likeness (QED) is 0.682. The van der Waals surface area contributed by atoms with Crippen molar-refractivity contribution in [2.75, 3.05) is 4.90 Å². The zero-order valence-electron chi connectivity index (χ0n) is 13.4. The molecule has 0 bridgehead atoms. The number of rotatable bonds is 3. The third-order valence-electron chi connectivity index (χ3n) is 4.42. The second-order valence-electron chi connectivity index (χ2n) is 5.95. The topological polar surface area (TPSA) is 46.1 Å². The van der Waals surface area contributed by atoms with E-state index in [1.165, 1.54) is 5.56 Å². The minimum atomic E-state index is 0.0865. The first-order chi connectivity index (χ1) is 11.7. The fourth-order valence-corrected chi connectivity index (χ4v) is 3.28. The molecule has 0 saturated heterocycles. The predicted octanol–water partition coefficient (Wildman–Crippen LogP) is 4.11. The van der Waals surface area contributed by atoms with Gasteiger partial charge < -0.3 is 4.90 Å². The van der Waals surface area contributed by atoms with Crippen LogP contribution in [0.4, 0.5) is 11.6 Å². The molecular weight excluding hydrogens is 298 g/mol. The summed E-state index contributed by atoms with van der Waals surface area (Å²) in [6, 6.07) is 18.2. The van der Waals surface area contributed by atoms with E-state index in [9.17, 15) is 4.79 Å². The maximum atomic E-state index is 11.7. The molecular formula is C20H17N3O. The van der Waals surface area contributed by atoms with Crippen molar-refractivity contribution in [1.29, 1.82) is 0 Å². The number of anilines is 2. The van der Waals surface area contributed by atoms with Gasteiger partial charge in [0.25, 0.3) is 0 Å². The molecule has 118 valence electrons. The Bertz CT molecular complexity index is 878. The summed E-state index contributed by atoms with van der Waals surface area (Å²) < 4.78 is 0. The van der Waals surface area contributed by atoms with Crippen molar-refractivity contribution in [2.45, 2.75) is 19.4 Å². The smallest absolute Gasteiger partial charge is 0.230 e. The second kappa shape index (κ2) is 5.89. The van der Waals surface area contributed by atoms with Crippen molar-refractivity contribution >= 4 is 17.4 Å². The van der Waals surface area contributed by atoms with Crippen LogP contribution in [0.2, 0.25) is 0 Å². The molecule has 1 atom stereocenters. The summed E-state index contributed by atoms with van der Waals surface area (Å²) in [7, 11) is 0. The Balaban J connectivity index is 1.84. The van der Waals surface area contributed by atoms with E-state index in [1.54, 1.807) is 19.3 Å². The Morgan fingerprint density at radius 2 is 1.79 bits per heavy atom. The molecule has 1 aliphatic heterocycles. The molecule has 0 saturated carbocycles. The number of nitrogens with zero attached hydrogens (tertiary/aromatic N) is 3. The van der Waals surface area contributed by atoms with E-state index in [4.69, 9.17) is 0 Å². The zero-order chi connectivity index (χ0) is 16.5. The minimum absolute atomic E-state index is 0.0865. The summed E-state index contributed by atoms with van der Waals surface area (Å²) in [4.78, 5) is 22.8. The number of carbonyl (C=O) groups excluding carboxylic acids is 1. The lowest BCUT2D eigenvalue weighted by atomic mass is 10.0. The van der Waals surface area contributed by atoms with Crippen LogP contribution in [0, 0.1) is 0 Å². The van der Waals surface area contributed by atoms with Crippen molar-refractivity contribution in [3.63, 3.8) is 0 Å². The normalized spacial score (nSPS) is 16.0. The van der Waals surface area contributed by atoms with Gasteiger partial charge in [0.2, 0.25) is 5.95 Å². The molecule has 1 aliphatic rings. The highest BCUT2D eigenvalue weighted by molar-refractivity contribution is 5.95. The Kier molecular flexibility index (Phi) is 3.58. The molecule has 1 aromatic heterocycles. The first-order valence-corrected chi connectivity index (χ1v) is 7.99. The van der Waals surface area contributed by atoms with E-state index in [-0.39, 0.29) is 11.8 Å². The number of hydrogen-bond acceptors (Lipinski definition) is 4. The number of carbonyl (C=O) groups is 1. The van der Waals surface area contributed by atoms with E-state index in [0.717, 1.165) is 23.2 Å². The van der Waals surface area contributed by atoms with Gasteiger partial charge in [-0.05, 0) is 48.7 Å². The lowest BCUT2D eigenvalue weighted by molar-refractivity contribution is 0.101. The first-order valence-electron chi connectivity index (χ1n) is 7.99. The monoisotopic (exact) mass is 315 g/mol. The first kappa shape index (κ1) is 14.6. The van der Waals surface area contributed by atoms with Crippen LogP contribution in [0.15, 0.2) is 67.0 Å². The minimum Gasteiger partial charge on any atom is -0.302 e. The van der Waals surface area contributed by atoms with Crippen LogP contribution in [0.25, 0.3) is 0 Å². The predicted molar refractivity (Wildman–Crippen MR) is 93.5 cm³/mol. The highest BCUT2D eigenvalue weighted by atomic mass is 16.1. The van der Waals surface area contributed by atoms with Crippen LogP contribution in [0.3, 0.4) is 0 Å². The third kappa shape index (κ3) is 2.46. The number of aromatic nitrogens is 2. The molecule has 0 amide bonds. The van der Waals surface area contributed by atoms with Gasteiger partial charge in [0.05, 0.1) is 6.04 Å². The van der Waals surface area contributed by atoms with Crippen LogP contribution >= 0.6 is 0 Å². The summed E-state index contributed by atoms with van der Waals surface area (Å²) >= 11 is 0.